The Bertz CT molecular complexity index is 941. The second-order valence-corrected chi connectivity index (χ2v) is 6.27. The van der Waals surface area contributed by atoms with Gasteiger partial charge >= 0.3 is 0 Å². The predicted molar refractivity (Wildman–Crippen MR) is 110 cm³/mol. The van der Waals surface area contributed by atoms with E-state index in [0.717, 1.165) is 11.3 Å². The molecule has 0 saturated carbocycles. The molecule has 142 valence electrons. The van der Waals surface area contributed by atoms with Gasteiger partial charge in [0.2, 0.25) is 0 Å². The summed E-state index contributed by atoms with van der Waals surface area (Å²) >= 11 is 0. The zero-order valence-electron chi connectivity index (χ0n) is 15.6. The summed E-state index contributed by atoms with van der Waals surface area (Å²) in [6.45, 7) is 2.64. The van der Waals surface area contributed by atoms with E-state index in [9.17, 15) is 9.59 Å². The van der Waals surface area contributed by atoms with Gasteiger partial charge in [-0.05, 0) is 48.9 Å². The number of hydrogen-bond acceptors (Lipinski definition) is 3. The molecule has 0 spiro atoms. The standard InChI is InChI=1S/C23H22N2O3/c1-17-12-13-19(16-21(17)25-23(27)18-8-4-2-5-9-18)22(26)24-14-15-28-20-10-6-3-7-11-20/h2-13,16H,14-15H2,1H3,(H,24,26)(H,25,27). The van der Waals surface area contributed by atoms with Crippen LogP contribution in [0.3, 0.4) is 0 Å². The first kappa shape index (κ1) is 19.2. The van der Waals surface area contributed by atoms with Crippen molar-refractivity contribution in [3.05, 3.63) is 95.6 Å². The smallest absolute Gasteiger partial charge is 0.255 e. The summed E-state index contributed by atoms with van der Waals surface area (Å²) in [6, 6.07) is 23.6. The predicted octanol–water partition coefficient (Wildman–Crippen LogP) is 4.06. The quantitative estimate of drug-likeness (QED) is 0.613. The fraction of sp³-hybridized carbons (Fsp3) is 0.130. The zero-order chi connectivity index (χ0) is 19.8. The number of para-hydroxylation sites is 1. The monoisotopic (exact) mass is 374 g/mol. The van der Waals surface area contributed by atoms with Crippen LogP contribution in [0.1, 0.15) is 26.3 Å². The highest BCUT2D eigenvalue weighted by molar-refractivity contribution is 6.05. The minimum Gasteiger partial charge on any atom is -0.492 e. The maximum Gasteiger partial charge on any atom is 0.255 e. The average Bonchev–Trinajstić information content (AvgIpc) is 2.74. The van der Waals surface area contributed by atoms with Crippen molar-refractivity contribution in [1.29, 1.82) is 0 Å². The fourth-order valence-electron chi connectivity index (χ4n) is 2.63. The molecule has 2 amide bonds. The molecule has 0 heterocycles. The summed E-state index contributed by atoms with van der Waals surface area (Å²) in [5.74, 6) is 0.336. The molecule has 3 aromatic rings. The number of nitrogens with one attached hydrogen (secondary N) is 2. The third-order valence-corrected chi connectivity index (χ3v) is 4.18. The van der Waals surface area contributed by atoms with Crippen LogP contribution in [0, 0.1) is 6.92 Å². The molecule has 0 bridgehead atoms. The molecule has 28 heavy (non-hydrogen) atoms. The van der Waals surface area contributed by atoms with Crippen LogP contribution in [-0.4, -0.2) is 25.0 Å². The summed E-state index contributed by atoms with van der Waals surface area (Å²) in [4.78, 5) is 24.8. The van der Waals surface area contributed by atoms with E-state index >= 15 is 0 Å². The van der Waals surface area contributed by atoms with E-state index in [2.05, 4.69) is 10.6 Å². The van der Waals surface area contributed by atoms with Crippen LogP contribution in [0.4, 0.5) is 5.69 Å². The Labute approximate surface area is 164 Å². The van der Waals surface area contributed by atoms with E-state index in [4.69, 9.17) is 4.74 Å². The minimum absolute atomic E-state index is 0.211. The highest BCUT2D eigenvalue weighted by atomic mass is 16.5. The Hall–Kier alpha value is -3.60. The van der Waals surface area contributed by atoms with Gasteiger partial charge in [-0.25, -0.2) is 0 Å². The second kappa shape index (κ2) is 9.37. The zero-order valence-corrected chi connectivity index (χ0v) is 15.6. The van der Waals surface area contributed by atoms with Crippen LogP contribution in [0.25, 0.3) is 0 Å². The number of amides is 2. The maximum absolute atomic E-state index is 12.4. The molecule has 3 aromatic carbocycles. The van der Waals surface area contributed by atoms with E-state index in [1.54, 1.807) is 24.3 Å². The number of ether oxygens (including phenoxy) is 1. The minimum atomic E-state index is -0.216. The van der Waals surface area contributed by atoms with Crippen molar-refractivity contribution in [3.63, 3.8) is 0 Å². The van der Waals surface area contributed by atoms with Crippen molar-refractivity contribution < 1.29 is 14.3 Å². The molecule has 3 rings (SSSR count). The molecule has 2 N–H and O–H groups in total. The van der Waals surface area contributed by atoms with E-state index in [-0.39, 0.29) is 11.8 Å². The SMILES string of the molecule is Cc1ccc(C(=O)NCCOc2ccccc2)cc1NC(=O)c1ccccc1. The van der Waals surface area contributed by atoms with Gasteiger partial charge in [-0.1, -0.05) is 42.5 Å². The number of carbonyl (C=O) groups excluding carboxylic acids is 2. The van der Waals surface area contributed by atoms with Crippen LogP contribution in [0.15, 0.2) is 78.9 Å². The number of anilines is 1. The molecule has 0 aliphatic rings. The van der Waals surface area contributed by atoms with Gasteiger partial charge in [0.05, 0.1) is 6.54 Å². The van der Waals surface area contributed by atoms with Gasteiger partial charge in [-0.2, -0.15) is 0 Å². The first-order valence-electron chi connectivity index (χ1n) is 9.06. The van der Waals surface area contributed by atoms with E-state index in [1.165, 1.54) is 0 Å². The van der Waals surface area contributed by atoms with Crippen LogP contribution >= 0.6 is 0 Å². The Morgan fingerprint density at radius 3 is 2.21 bits per heavy atom. The lowest BCUT2D eigenvalue weighted by atomic mass is 10.1. The molecule has 5 heteroatoms. The summed E-state index contributed by atoms with van der Waals surface area (Å²) in [6.07, 6.45) is 0. The Balaban J connectivity index is 1.57. The average molecular weight is 374 g/mol. The number of benzene rings is 3. The molecule has 0 fully saturated rings. The highest BCUT2D eigenvalue weighted by Crippen LogP contribution is 2.18. The first-order valence-corrected chi connectivity index (χ1v) is 9.06. The van der Waals surface area contributed by atoms with Crippen molar-refractivity contribution in [2.24, 2.45) is 0 Å². The molecular weight excluding hydrogens is 352 g/mol. The molecule has 5 nitrogen and oxygen atoms in total. The molecule has 0 aliphatic heterocycles. The van der Waals surface area contributed by atoms with Gasteiger partial charge in [0.1, 0.15) is 12.4 Å². The molecule has 0 atom stereocenters. The normalized spacial score (nSPS) is 10.2. The number of hydrogen-bond donors (Lipinski definition) is 2. The Morgan fingerprint density at radius 1 is 0.821 bits per heavy atom. The van der Waals surface area contributed by atoms with Crippen molar-refractivity contribution in [2.75, 3.05) is 18.5 Å². The largest absolute Gasteiger partial charge is 0.492 e. The molecule has 0 aliphatic carbocycles. The summed E-state index contributed by atoms with van der Waals surface area (Å²) in [5.41, 5.74) is 2.54. The van der Waals surface area contributed by atoms with Gasteiger partial charge in [0, 0.05) is 16.8 Å². The number of rotatable bonds is 7. The highest BCUT2D eigenvalue weighted by Gasteiger charge is 2.11. The maximum atomic E-state index is 12.4. The van der Waals surface area contributed by atoms with Crippen LogP contribution in [0.2, 0.25) is 0 Å². The lowest BCUT2D eigenvalue weighted by molar-refractivity contribution is 0.0945. The third-order valence-electron chi connectivity index (χ3n) is 4.18. The van der Waals surface area contributed by atoms with Crippen LogP contribution < -0.4 is 15.4 Å². The fourth-order valence-corrected chi connectivity index (χ4v) is 2.63. The summed E-state index contributed by atoms with van der Waals surface area (Å²) in [7, 11) is 0. The van der Waals surface area contributed by atoms with Gasteiger partial charge in [0.25, 0.3) is 11.8 Å². The molecule has 0 aromatic heterocycles. The first-order chi connectivity index (χ1) is 13.6. The topological polar surface area (TPSA) is 67.4 Å². The van der Waals surface area contributed by atoms with Gasteiger partial charge in [-0.15, -0.1) is 0 Å². The van der Waals surface area contributed by atoms with Crippen molar-refractivity contribution in [3.8, 4) is 5.75 Å². The van der Waals surface area contributed by atoms with Gasteiger partial charge in [0.15, 0.2) is 0 Å². The molecular formula is C23H22N2O3. The number of aryl methyl sites for hydroxylation is 1. The van der Waals surface area contributed by atoms with Crippen molar-refractivity contribution >= 4 is 17.5 Å². The van der Waals surface area contributed by atoms with Gasteiger partial charge < -0.3 is 15.4 Å². The Kier molecular flexibility index (Phi) is 6.41. The Morgan fingerprint density at radius 2 is 1.50 bits per heavy atom. The van der Waals surface area contributed by atoms with Gasteiger partial charge in [-0.3, -0.25) is 9.59 Å². The van der Waals surface area contributed by atoms with Crippen molar-refractivity contribution in [1.82, 2.24) is 5.32 Å². The summed E-state index contributed by atoms with van der Waals surface area (Å²) in [5, 5.41) is 5.69. The van der Waals surface area contributed by atoms with Crippen LogP contribution in [0.5, 0.6) is 5.75 Å². The van der Waals surface area contributed by atoms with E-state index in [1.807, 2.05) is 61.5 Å². The van der Waals surface area contributed by atoms with E-state index in [0.29, 0.717) is 30.0 Å². The molecule has 0 saturated heterocycles. The summed E-state index contributed by atoms with van der Waals surface area (Å²) < 4.78 is 5.57. The molecule has 0 unspecified atom stereocenters. The third kappa shape index (κ3) is 5.20. The second-order valence-electron chi connectivity index (χ2n) is 6.27. The lowest BCUT2D eigenvalue weighted by Gasteiger charge is -2.11. The van der Waals surface area contributed by atoms with Crippen molar-refractivity contribution in [2.45, 2.75) is 6.92 Å². The van der Waals surface area contributed by atoms with Crippen LogP contribution in [-0.2, 0) is 0 Å². The number of carbonyl (C=O) groups is 2. The molecule has 0 radical (unpaired) electrons. The van der Waals surface area contributed by atoms with E-state index < -0.39 is 0 Å². The lowest BCUT2D eigenvalue weighted by Crippen LogP contribution is -2.28.